The topological polar surface area (TPSA) is 75.8 Å². The van der Waals surface area contributed by atoms with Crippen molar-refractivity contribution in [3.05, 3.63) is 33.9 Å². The summed E-state index contributed by atoms with van der Waals surface area (Å²) in [5, 5.41) is 20.1. The van der Waals surface area contributed by atoms with Crippen molar-refractivity contribution < 1.29 is 14.8 Å². The molecule has 6 heteroatoms. The van der Waals surface area contributed by atoms with Gasteiger partial charge in [-0.25, -0.2) is 0 Å². The Bertz CT molecular complexity index is 409. The number of nitrogens with zero attached hydrogens (tertiary/aromatic N) is 2. The van der Waals surface area contributed by atoms with Gasteiger partial charge >= 0.3 is 0 Å². The number of hydrogen-bond acceptors (Lipinski definition) is 5. The summed E-state index contributed by atoms with van der Waals surface area (Å²) in [6.45, 7) is 3.48. The highest BCUT2D eigenvalue weighted by atomic mass is 16.6. The van der Waals surface area contributed by atoms with Gasteiger partial charge in [-0.05, 0) is 18.6 Å². The number of rotatable bonds is 7. The average Bonchev–Trinajstić information content (AvgIpc) is 2.39. The molecule has 18 heavy (non-hydrogen) atoms. The molecule has 0 aliphatic rings. The van der Waals surface area contributed by atoms with Crippen LogP contribution in [0.2, 0.25) is 0 Å². The monoisotopic (exact) mass is 254 g/mol. The molecule has 0 saturated carbocycles. The lowest BCUT2D eigenvalue weighted by atomic mass is 10.1. The van der Waals surface area contributed by atoms with Gasteiger partial charge in [-0.15, -0.1) is 0 Å². The molecule has 0 saturated heterocycles. The predicted molar refractivity (Wildman–Crippen MR) is 68.8 cm³/mol. The molecule has 6 nitrogen and oxygen atoms in total. The highest BCUT2D eigenvalue weighted by Crippen LogP contribution is 2.29. The summed E-state index contributed by atoms with van der Waals surface area (Å²) in [4.78, 5) is 12.5. The van der Waals surface area contributed by atoms with E-state index in [4.69, 9.17) is 9.84 Å². The maximum Gasteiger partial charge on any atom is 0.292 e. The number of nitro groups is 1. The van der Waals surface area contributed by atoms with Gasteiger partial charge in [0.05, 0.1) is 18.1 Å². The Morgan fingerprint density at radius 1 is 1.50 bits per heavy atom. The van der Waals surface area contributed by atoms with E-state index in [0.717, 1.165) is 0 Å². The van der Waals surface area contributed by atoms with E-state index in [1.54, 1.807) is 19.2 Å². The van der Waals surface area contributed by atoms with E-state index in [-0.39, 0.29) is 12.3 Å². The number of likely N-dealkylation sites (N-methyl/N-ethyl adjacent to an activating group) is 1. The summed E-state index contributed by atoms with van der Waals surface area (Å²) in [7, 11) is 1.59. The van der Waals surface area contributed by atoms with Crippen molar-refractivity contribution in [2.75, 3.05) is 31.7 Å². The zero-order chi connectivity index (χ0) is 13.5. The van der Waals surface area contributed by atoms with Crippen LogP contribution in [0.1, 0.15) is 12.5 Å². The van der Waals surface area contributed by atoms with Crippen molar-refractivity contribution >= 4 is 11.4 Å². The van der Waals surface area contributed by atoms with E-state index in [0.29, 0.717) is 30.9 Å². The molecule has 1 N–H and O–H groups in total. The molecule has 0 aliphatic heterocycles. The molecule has 0 bridgehead atoms. The zero-order valence-electron chi connectivity index (χ0n) is 10.6. The van der Waals surface area contributed by atoms with Gasteiger partial charge in [0.1, 0.15) is 5.69 Å². The predicted octanol–water partition coefficient (Wildman–Crippen LogP) is 1.56. The van der Waals surface area contributed by atoms with Gasteiger partial charge in [0, 0.05) is 26.3 Å². The third-order valence-corrected chi connectivity index (χ3v) is 2.71. The van der Waals surface area contributed by atoms with Crippen LogP contribution in [0.5, 0.6) is 0 Å². The molecule has 0 amide bonds. The second-order valence-electron chi connectivity index (χ2n) is 3.81. The summed E-state index contributed by atoms with van der Waals surface area (Å²) < 4.78 is 4.99. The number of ether oxygens (including phenoxy) is 1. The van der Waals surface area contributed by atoms with Crippen molar-refractivity contribution in [1.82, 2.24) is 0 Å². The lowest BCUT2D eigenvalue weighted by molar-refractivity contribution is -0.384. The normalized spacial score (nSPS) is 10.4. The quantitative estimate of drug-likeness (QED) is 0.590. The minimum Gasteiger partial charge on any atom is -0.392 e. The second kappa shape index (κ2) is 6.93. The number of aliphatic hydroxyl groups is 1. The van der Waals surface area contributed by atoms with E-state index in [1.807, 2.05) is 11.8 Å². The summed E-state index contributed by atoms with van der Waals surface area (Å²) in [5.74, 6) is 0. The molecule has 100 valence electrons. The fourth-order valence-electron chi connectivity index (χ4n) is 1.73. The minimum absolute atomic E-state index is 0.0134. The first kappa shape index (κ1) is 14.4. The third kappa shape index (κ3) is 3.41. The van der Waals surface area contributed by atoms with Crippen LogP contribution in [0.25, 0.3) is 0 Å². The Morgan fingerprint density at radius 3 is 2.72 bits per heavy atom. The molecule has 0 spiro atoms. The zero-order valence-corrected chi connectivity index (χ0v) is 10.6. The van der Waals surface area contributed by atoms with E-state index in [1.165, 1.54) is 6.07 Å². The van der Waals surface area contributed by atoms with Crippen LogP contribution in [0.15, 0.2) is 18.2 Å². The smallest absolute Gasteiger partial charge is 0.292 e. The van der Waals surface area contributed by atoms with Crippen LogP contribution in [0.3, 0.4) is 0 Å². The maximum atomic E-state index is 11.1. The lowest BCUT2D eigenvalue weighted by Crippen LogP contribution is -2.27. The fraction of sp³-hybridized carbons (Fsp3) is 0.500. The van der Waals surface area contributed by atoms with Gasteiger partial charge in [-0.2, -0.15) is 0 Å². The number of benzene rings is 1. The first-order valence-electron chi connectivity index (χ1n) is 5.76. The molecule has 0 atom stereocenters. The van der Waals surface area contributed by atoms with Crippen LogP contribution >= 0.6 is 0 Å². The minimum atomic E-state index is -0.427. The van der Waals surface area contributed by atoms with Crippen molar-refractivity contribution in [2.45, 2.75) is 13.5 Å². The SMILES string of the molecule is CCN(CCOC)c1ccc(CO)cc1[N+](=O)[O-]. The van der Waals surface area contributed by atoms with Crippen LogP contribution in [-0.4, -0.2) is 36.8 Å². The number of nitro benzene ring substituents is 1. The van der Waals surface area contributed by atoms with Crippen LogP contribution in [0.4, 0.5) is 11.4 Å². The highest BCUT2D eigenvalue weighted by molar-refractivity contribution is 5.64. The molecule has 0 fully saturated rings. The fourth-order valence-corrected chi connectivity index (χ4v) is 1.73. The Morgan fingerprint density at radius 2 is 2.22 bits per heavy atom. The molecular formula is C12H18N2O4. The van der Waals surface area contributed by atoms with Gasteiger partial charge in [0.25, 0.3) is 5.69 Å². The Hall–Kier alpha value is -1.66. The first-order chi connectivity index (χ1) is 8.63. The number of methoxy groups -OCH3 is 1. The standard InChI is InChI=1S/C12H18N2O4/c1-3-13(6-7-18-2)11-5-4-10(9-15)8-12(11)14(16)17/h4-5,8,15H,3,6-7,9H2,1-2H3. The van der Waals surface area contributed by atoms with Crippen molar-refractivity contribution in [3.8, 4) is 0 Å². The number of hydrogen-bond donors (Lipinski definition) is 1. The molecular weight excluding hydrogens is 236 g/mol. The van der Waals surface area contributed by atoms with Gasteiger partial charge < -0.3 is 14.7 Å². The van der Waals surface area contributed by atoms with Gasteiger partial charge in [0.2, 0.25) is 0 Å². The largest absolute Gasteiger partial charge is 0.392 e. The Kier molecular flexibility index (Phi) is 5.54. The first-order valence-corrected chi connectivity index (χ1v) is 5.76. The lowest BCUT2D eigenvalue weighted by Gasteiger charge is -2.22. The highest BCUT2D eigenvalue weighted by Gasteiger charge is 2.18. The molecule has 1 aromatic carbocycles. The van der Waals surface area contributed by atoms with Crippen molar-refractivity contribution in [3.63, 3.8) is 0 Å². The number of aliphatic hydroxyl groups excluding tert-OH is 1. The summed E-state index contributed by atoms with van der Waals surface area (Å²) >= 11 is 0. The molecule has 0 aromatic heterocycles. The molecule has 1 rings (SSSR count). The average molecular weight is 254 g/mol. The summed E-state index contributed by atoms with van der Waals surface area (Å²) in [6.07, 6.45) is 0. The molecule has 0 radical (unpaired) electrons. The summed E-state index contributed by atoms with van der Waals surface area (Å²) in [5.41, 5.74) is 1.10. The van der Waals surface area contributed by atoms with E-state index < -0.39 is 4.92 Å². The van der Waals surface area contributed by atoms with Gasteiger partial charge in [-0.1, -0.05) is 6.07 Å². The molecule has 0 heterocycles. The van der Waals surface area contributed by atoms with Crippen LogP contribution < -0.4 is 4.90 Å². The molecule has 0 aliphatic carbocycles. The van der Waals surface area contributed by atoms with Crippen molar-refractivity contribution in [2.24, 2.45) is 0 Å². The van der Waals surface area contributed by atoms with E-state index in [2.05, 4.69) is 0 Å². The van der Waals surface area contributed by atoms with Gasteiger partial charge in [-0.3, -0.25) is 10.1 Å². The summed E-state index contributed by atoms with van der Waals surface area (Å²) in [6, 6.07) is 4.77. The number of anilines is 1. The van der Waals surface area contributed by atoms with Crippen LogP contribution in [-0.2, 0) is 11.3 Å². The molecule has 1 aromatic rings. The van der Waals surface area contributed by atoms with Crippen LogP contribution in [0, 0.1) is 10.1 Å². The second-order valence-corrected chi connectivity index (χ2v) is 3.81. The van der Waals surface area contributed by atoms with E-state index in [9.17, 15) is 10.1 Å². The third-order valence-electron chi connectivity index (χ3n) is 2.71. The maximum absolute atomic E-state index is 11.1. The molecule has 0 unspecified atom stereocenters. The Labute approximate surface area is 106 Å². The van der Waals surface area contributed by atoms with Crippen molar-refractivity contribution in [1.29, 1.82) is 0 Å². The van der Waals surface area contributed by atoms with Gasteiger partial charge in [0.15, 0.2) is 0 Å². The Balaban J connectivity index is 3.08. The van der Waals surface area contributed by atoms with E-state index >= 15 is 0 Å².